The Hall–Kier alpha value is -2.00. The molecule has 1 fully saturated rings. The molecule has 0 atom stereocenters. The van der Waals surface area contributed by atoms with Crippen LogP contribution in [0.3, 0.4) is 0 Å². The highest BCUT2D eigenvalue weighted by Gasteiger charge is 2.34. The predicted molar refractivity (Wildman–Crippen MR) is 128 cm³/mol. The summed E-state index contributed by atoms with van der Waals surface area (Å²) in [5.74, 6) is 2.09. The van der Waals surface area contributed by atoms with Gasteiger partial charge in [-0.1, -0.05) is 30.3 Å². The van der Waals surface area contributed by atoms with Crippen LogP contribution in [0.5, 0.6) is 11.5 Å². The Bertz CT molecular complexity index is 793. The summed E-state index contributed by atoms with van der Waals surface area (Å²) in [6.07, 6.45) is 1.97. The summed E-state index contributed by atoms with van der Waals surface area (Å²) in [6, 6.07) is 16.4. The van der Waals surface area contributed by atoms with Crippen LogP contribution < -0.4 is 20.1 Å². The average Bonchev–Trinajstić information content (AvgIpc) is 2.77. The predicted octanol–water partition coefficient (Wildman–Crippen LogP) is 4.06. The van der Waals surface area contributed by atoms with Gasteiger partial charge in [0.05, 0.1) is 14.2 Å². The molecular formula is C22H30IN3O3. The molecule has 1 saturated heterocycles. The fourth-order valence-corrected chi connectivity index (χ4v) is 3.60. The third-order valence-electron chi connectivity index (χ3n) is 5.30. The molecule has 0 saturated carbocycles. The summed E-state index contributed by atoms with van der Waals surface area (Å²) in [5.41, 5.74) is 2.26. The van der Waals surface area contributed by atoms with Gasteiger partial charge >= 0.3 is 0 Å². The highest BCUT2D eigenvalue weighted by Crippen LogP contribution is 2.34. The number of nitrogens with zero attached hydrogens (tertiary/aromatic N) is 1. The lowest BCUT2D eigenvalue weighted by Crippen LogP contribution is -2.46. The molecule has 7 heteroatoms. The fraction of sp³-hybridized carbons (Fsp3) is 0.409. The van der Waals surface area contributed by atoms with Gasteiger partial charge in [-0.3, -0.25) is 4.99 Å². The Morgan fingerprint density at radius 1 is 1.03 bits per heavy atom. The molecule has 0 spiro atoms. The number of methoxy groups -OCH3 is 2. The van der Waals surface area contributed by atoms with E-state index in [1.54, 1.807) is 21.3 Å². The zero-order chi connectivity index (χ0) is 19.8. The van der Waals surface area contributed by atoms with Crippen LogP contribution in [0.2, 0.25) is 0 Å². The van der Waals surface area contributed by atoms with Crippen LogP contribution in [0.15, 0.2) is 53.5 Å². The minimum Gasteiger partial charge on any atom is -0.493 e. The van der Waals surface area contributed by atoms with Crippen molar-refractivity contribution in [1.29, 1.82) is 0 Å². The van der Waals surface area contributed by atoms with Gasteiger partial charge in [0, 0.05) is 44.0 Å². The van der Waals surface area contributed by atoms with Gasteiger partial charge in [0.2, 0.25) is 0 Å². The van der Waals surface area contributed by atoms with E-state index >= 15 is 0 Å². The van der Waals surface area contributed by atoms with Crippen molar-refractivity contribution in [3.8, 4) is 11.5 Å². The number of benzene rings is 2. The maximum absolute atomic E-state index is 5.62. The lowest BCUT2D eigenvalue weighted by molar-refractivity contribution is 0.0514. The van der Waals surface area contributed by atoms with Gasteiger partial charge in [0.25, 0.3) is 0 Å². The Kier molecular flexibility index (Phi) is 9.03. The first-order valence-corrected chi connectivity index (χ1v) is 9.54. The molecular weight excluding hydrogens is 481 g/mol. The number of anilines is 1. The molecule has 6 nitrogen and oxygen atoms in total. The number of rotatable bonds is 6. The van der Waals surface area contributed by atoms with Gasteiger partial charge in [-0.25, -0.2) is 0 Å². The van der Waals surface area contributed by atoms with Crippen LogP contribution >= 0.6 is 24.0 Å². The molecule has 158 valence electrons. The van der Waals surface area contributed by atoms with E-state index in [-0.39, 0.29) is 29.4 Å². The Balaban J connectivity index is 0.00000300. The zero-order valence-corrected chi connectivity index (χ0v) is 19.6. The number of hydrogen-bond acceptors (Lipinski definition) is 4. The summed E-state index contributed by atoms with van der Waals surface area (Å²) < 4.78 is 16.3. The molecule has 1 heterocycles. The standard InChI is InChI=1S/C22H29N3O3.HI/c1-23-21(25-18-9-10-19(26-2)20(15-18)27-3)24-16-22(11-13-28-14-12-22)17-7-5-4-6-8-17;/h4-10,15H,11-14,16H2,1-3H3,(H2,23,24,25);1H. The average molecular weight is 511 g/mol. The van der Waals surface area contributed by atoms with Crippen molar-refractivity contribution in [3.05, 3.63) is 54.1 Å². The van der Waals surface area contributed by atoms with Crippen LogP contribution in [-0.4, -0.2) is 47.0 Å². The Labute approximate surface area is 190 Å². The summed E-state index contributed by atoms with van der Waals surface area (Å²) >= 11 is 0. The van der Waals surface area contributed by atoms with Crippen molar-refractivity contribution >= 4 is 35.6 Å². The number of ether oxygens (including phenoxy) is 3. The lowest BCUT2D eigenvalue weighted by Gasteiger charge is -2.38. The van der Waals surface area contributed by atoms with E-state index in [0.29, 0.717) is 17.5 Å². The van der Waals surface area contributed by atoms with E-state index in [4.69, 9.17) is 14.2 Å². The van der Waals surface area contributed by atoms with E-state index in [0.717, 1.165) is 38.3 Å². The molecule has 0 unspecified atom stereocenters. The van der Waals surface area contributed by atoms with E-state index in [1.807, 2.05) is 18.2 Å². The van der Waals surface area contributed by atoms with Crippen molar-refractivity contribution in [1.82, 2.24) is 5.32 Å². The van der Waals surface area contributed by atoms with Gasteiger partial charge in [0.1, 0.15) is 0 Å². The first-order valence-electron chi connectivity index (χ1n) is 9.54. The van der Waals surface area contributed by atoms with E-state index in [2.05, 4.69) is 46.0 Å². The Morgan fingerprint density at radius 3 is 2.34 bits per heavy atom. The highest BCUT2D eigenvalue weighted by molar-refractivity contribution is 14.0. The molecule has 0 bridgehead atoms. The van der Waals surface area contributed by atoms with E-state index in [1.165, 1.54) is 5.56 Å². The monoisotopic (exact) mass is 511 g/mol. The second-order valence-corrected chi connectivity index (χ2v) is 6.88. The van der Waals surface area contributed by atoms with Gasteiger partial charge in [0.15, 0.2) is 17.5 Å². The third kappa shape index (κ3) is 5.76. The molecule has 0 radical (unpaired) electrons. The van der Waals surface area contributed by atoms with Crippen molar-refractivity contribution < 1.29 is 14.2 Å². The number of aliphatic imine (C=N–C) groups is 1. The van der Waals surface area contributed by atoms with Gasteiger partial charge in [-0.05, 0) is 30.5 Å². The fourth-order valence-electron chi connectivity index (χ4n) is 3.60. The second kappa shape index (κ2) is 11.3. The summed E-state index contributed by atoms with van der Waals surface area (Å²) in [6.45, 7) is 2.34. The van der Waals surface area contributed by atoms with Crippen molar-refractivity contribution in [2.75, 3.05) is 46.3 Å². The van der Waals surface area contributed by atoms with Crippen molar-refractivity contribution in [2.45, 2.75) is 18.3 Å². The number of nitrogens with one attached hydrogen (secondary N) is 2. The van der Waals surface area contributed by atoms with Crippen LogP contribution in [0.1, 0.15) is 18.4 Å². The Morgan fingerprint density at radius 2 is 1.72 bits per heavy atom. The minimum atomic E-state index is 0. The first kappa shape index (κ1) is 23.3. The van der Waals surface area contributed by atoms with E-state index in [9.17, 15) is 0 Å². The molecule has 2 N–H and O–H groups in total. The van der Waals surface area contributed by atoms with Crippen LogP contribution in [0, 0.1) is 0 Å². The van der Waals surface area contributed by atoms with Crippen LogP contribution in [0.4, 0.5) is 5.69 Å². The third-order valence-corrected chi connectivity index (χ3v) is 5.30. The van der Waals surface area contributed by atoms with Crippen LogP contribution in [0.25, 0.3) is 0 Å². The highest BCUT2D eigenvalue weighted by atomic mass is 127. The molecule has 2 aromatic carbocycles. The van der Waals surface area contributed by atoms with Gasteiger partial charge in [-0.15, -0.1) is 24.0 Å². The molecule has 1 aliphatic heterocycles. The molecule has 3 rings (SSSR count). The van der Waals surface area contributed by atoms with Gasteiger partial charge in [-0.2, -0.15) is 0 Å². The largest absolute Gasteiger partial charge is 0.493 e. The number of halogens is 1. The lowest BCUT2D eigenvalue weighted by atomic mass is 9.74. The molecule has 29 heavy (non-hydrogen) atoms. The topological polar surface area (TPSA) is 64.1 Å². The molecule has 0 amide bonds. The van der Waals surface area contributed by atoms with Crippen LogP contribution in [-0.2, 0) is 10.2 Å². The zero-order valence-electron chi connectivity index (χ0n) is 17.2. The molecule has 0 aromatic heterocycles. The van der Waals surface area contributed by atoms with Gasteiger partial charge < -0.3 is 24.8 Å². The minimum absolute atomic E-state index is 0. The summed E-state index contributed by atoms with van der Waals surface area (Å²) in [7, 11) is 5.03. The summed E-state index contributed by atoms with van der Waals surface area (Å²) in [4.78, 5) is 4.38. The maximum atomic E-state index is 5.62. The van der Waals surface area contributed by atoms with Crippen molar-refractivity contribution in [2.24, 2.45) is 4.99 Å². The number of guanidine groups is 1. The quantitative estimate of drug-likeness (QED) is 0.348. The SMILES string of the molecule is CN=C(NCC1(c2ccccc2)CCOCC1)Nc1ccc(OC)c(OC)c1.I. The van der Waals surface area contributed by atoms with Crippen molar-refractivity contribution in [3.63, 3.8) is 0 Å². The maximum Gasteiger partial charge on any atom is 0.195 e. The smallest absolute Gasteiger partial charge is 0.195 e. The summed E-state index contributed by atoms with van der Waals surface area (Å²) in [5, 5.41) is 6.84. The molecule has 0 aliphatic carbocycles. The second-order valence-electron chi connectivity index (χ2n) is 6.88. The number of hydrogen-bond donors (Lipinski definition) is 2. The van der Waals surface area contributed by atoms with E-state index < -0.39 is 0 Å². The molecule has 2 aromatic rings. The first-order chi connectivity index (χ1) is 13.7. The normalized spacial score (nSPS) is 15.8. The molecule has 1 aliphatic rings.